The van der Waals surface area contributed by atoms with Gasteiger partial charge in [-0.25, -0.2) is 13.1 Å². The molecule has 0 aromatic heterocycles. The number of fused-ring (bicyclic) bond motifs is 1. The summed E-state index contributed by atoms with van der Waals surface area (Å²) in [6, 6.07) is 6.17. The van der Waals surface area contributed by atoms with Crippen molar-refractivity contribution in [3.05, 3.63) is 40.5 Å². The summed E-state index contributed by atoms with van der Waals surface area (Å²) in [5.41, 5.74) is 4.53. The third-order valence-corrected chi connectivity index (χ3v) is 4.12. The molecule has 0 bridgehead atoms. The molecule has 0 saturated heterocycles. The van der Waals surface area contributed by atoms with Crippen LogP contribution in [0.3, 0.4) is 0 Å². The Morgan fingerprint density at radius 3 is 2.68 bits per heavy atom. The average Bonchev–Trinajstić information content (AvgIpc) is 2.61. The first kappa shape index (κ1) is 14.3. The van der Waals surface area contributed by atoms with Crippen molar-refractivity contribution in [2.75, 3.05) is 6.26 Å². The third-order valence-electron chi connectivity index (χ3n) is 3.45. The summed E-state index contributed by atoms with van der Waals surface area (Å²) in [5, 5.41) is 0. The molecule has 0 aliphatic heterocycles. The van der Waals surface area contributed by atoms with E-state index in [9.17, 15) is 8.42 Å². The van der Waals surface area contributed by atoms with Crippen molar-refractivity contribution in [2.24, 2.45) is 0 Å². The Bertz CT molecular complexity index is 603. The van der Waals surface area contributed by atoms with E-state index < -0.39 is 10.0 Å². The average molecular weight is 279 g/mol. The maximum Gasteiger partial charge on any atom is 0.209 e. The second kappa shape index (κ2) is 5.47. The van der Waals surface area contributed by atoms with Gasteiger partial charge in [0.15, 0.2) is 0 Å². The zero-order valence-electron chi connectivity index (χ0n) is 11.7. The van der Waals surface area contributed by atoms with Gasteiger partial charge in [-0.15, -0.1) is 0 Å². The van der Waals surface area contributed by atoms with Crippen molar-refractivity contribution in [3.8, 4) is 0 Å². The lowest BCUT2D eigenvalue weighted by atomic mass is 10.00. The van der Waals surface area contributed by atoms with E-state index in [1.807, 2.05) is 6.92 Å². The third kappa shape index (κ3) is 3.45. The van der Waals surface area contributed by atoms with Crippen LogP contribution in [0.15, 0.2) is 23.8 Å². The lowest BCUT2D eigenvalue weighted by Gasteiger charge is -2.16. The van der Waals surface area contributed by atoms with Gasteiger partial charge in [0, 0.05) is 0 Å². The Balaban J connectivity index is 2.29. The first-order valence-corrected chi connectivity index (χ1v) is 8.58. The summed E-state index contributed by atoms with van der Waals surface area (Å²) in [7, 11) is -3.20. The molecule has 1 atom stereocenters. The highest BCUT2D eigenvalue weighted by Crippen LogP contribution is 2.35. The van der Waals surface area contributed by atoms with E-state index in [1.165, 1.54) is 18.2 Å². The minimum atomic E-state index is -3.20. The molecule has 1 aromatic rings. The van der Waals surface area contributed by atoms with Crippen molar-refractivity contribution < 1.29 is 8.42 Å². The van der Waals surface area contributed by atoms with E-state index in [1.54, 1.807) is 0 Å². The van der Waals surface area contributed by atoms with Crippen LogP contribution < -0.4 is 4.72 Å². The zero-order chi connectivity index (χ0) is 14.0. The van der Waals surface area contributed by atoms with Gasteiger partial charge < -0.3 is 0 Å². The second-order valence-electron chi connectivity index (χ2n) is 5.28. The SMILES string of the molecule is CCCCc1ccc2c(c1)C(NS(C)(=O)=O)C(C)=C2. The summed E-state index contributed by atoms with van der Waals surface area (Å²) < 4.78 is 25.6. The van der Waals surface area contributed by atoms with Crippen molar-refractivity contribution in [3.63, 3.8) is 0 Å². The molecular formula is C15H21NO2S. The zero-order valence-corrected chi connectivity index (χ0v) is 12.5. The predicted octanol–water partition coefficient (Wildman–Crippen LogP) is 3.04. The molecule has 2 rings (SSSR count). The summed E-state index contributed by atoms with van der Waals surface area (Å²) in [4.78, 5) is 0. The maximum atomic E-state index is 11.5. The molecule has 1 N–H and O–H groups in total. The number of sulfonamides is 1. The lowest BCUT2D eigenvalue weighted by molar-refractivity contribution is 0.578. The van der Waals surface area contributed by atoms with Crippen LogP contribution in [0.5, 0.6) is 0 Å². The molecule has 0 fully saturated rings. The van der Waals surface area contributed by atoms with Crippen LogP contribution in [0.4, 0.5) is 0 Å². The number of hydrogen-bond donors (Lipinski definition) is 1. The van der Waals surface area contributed by atoms with Gasteiger partial charge in [0.25, 0.3) is 0 Å². The summed E-state index contributed by atoms with van der Waals surface area (Å²) >= 11 is 0. The topological polar surface area (TPSA) is 46.2 Å². The van der Waals surface area contributed by atoms with Crippen LogP contribution >= 0.6 is 0 Å². The number of benzene rings is 1. The van der Waals surface area contributed by atoms with Gasteiger partial charge in [0.1, 0.15) is 0 Å². The van der Waals surface area contributed by atoms with E-state index in [-0.39, 0.29) is 6.04 Å². The van der Waals surface area contributed by atoms with Crippen molar-refractivity contribution in [1.82, 2.24) is 4.72 Å². The van der Waals surface area contributed by atoms with Crippen molar-refractivity contribution >= 4 is 16.1 Å². The number of unbranched alkanes of at least 4 members (excludes halogenated alkanes) is 1. The van der Waals surface area contributed by atoms with E-state index in [4.69, 9.17) is 0 Å². The molecule has 1 aliphatic carbocycles. The Hall–Kier alpha value is -1.13. The van der Waals surface area contributed by atoms with Crippen molar-refractivity contribution in [1.29, 1.82) is 0 Å². The molecule has 0 heterocycles. The van der Waals surface area contributed by atoms with E-state index in [0.29, 0.717) is 0 Å². The van der Waals surface area contributed by atoms with Crippen LogP contribution in [0.25, 0.3) is 6.08 Å². The van der Waals surface area contributed by atoms with Crippen LogP contribution in [0.2, 0.25) is 0 Å². The van der Waals surface area contributed by atoms with Crippen molar-refractivity contribution in [2.45, 2.75) is 39.2 Å². The van der Waals surface area contributed by atoms with Gasteiger partial charge >= 0.3 is 0 Å². The molecule has 0 radical (unpaired) electrons. The van der Waals surface area contributed by atoms with Gasteiger partial charge in [-0.1, -0.05) is 43.2 Å². The van der Waals surface area contributed by atoms with Gasteiger partial charge in [-0.3, -0.25) is 0 Å². The minimum Gasteiger partial charge on any atom is -0.213 e. The molecule has 0 spiro atoms. The summed E-state index contributed by atoms with van der Waals surface area (Å²) in [6.45, 7) is 4.14. The molecule has 1 unspecified atom stereocenters. The van der Waals surface area contributed by atoms with Gasteiger partial charge in [0.2, 0.25) is 10.0 Å². The van der Waals surface area contributed by atoms with Gasteiger partial charge in [0.05, 0.1) is 12.3 Å². The first-order valence-electron chi connectivity index (χ1n) is 6.69. The van der Waals surface area contributed by atoms with Gasteiger partial charge in [-0.05, 0) is 36.5 Å². The number of hydrogen-bond acceptors (Lipinski definition) is 2. The molecule has 1 aliphatic rings. The fraction of sp³-hybridized carbons (Fsp3) is 0.467. The Labute approximate surface area is 115 Å². The Morgan fingerprint density at radius 2 is 2.05 bits per heavy atom. The van der Waals surface area contributed by atoms with Gasteiger partial charge in [-0.2, -0.15) is 0 Å². The molecule has 0 amide bonds. The smallest absolute Gasteiger partial charge is 0.209 e. The van der Waals surface area contributed by atoms with Crippen LogP contribution in [-0.2, 0) is 16.4 Å². The lowest BCUT2D eigenvalue weighted by Crippen LogP contribution is -2.27. The Kier molecular flexibility index (Phi) is 4.11. The first-order chi connectivity index (χ1) is 8.90. The number of aryl methyl sites for hydroxylation is 1. The minimum absolute atomic E-state index is 0.202. The molecular weight excluding hydrogens is 258 g/mol. The van der Waals surface area contributed by atoms with Crippen LogP contribution in [0.1, 0.15) is 49.4 Å². The Morgan fingerprint density at radius 1 is 1.32 bits per heavy atom. The predicted molar refractivity (Wildman–Crippen MR) is 79.4 cm³/mol. The van der Waals surface area contributed by atoms with E-state index in [0.717, 1.165) is 29.5 Å². The molecule has 1 aromatic carbocycles. The van der Waals surface area contributed by atoms with E-state index in [2.05, 4.69) is 35.9 Å². The summed E-state index contributed by atoms with van der Waals surface area (Å²) in [6.07, 6.45) is 6.64. The van der Waals surface area contributed by atoms with E-state index >= 15 is 0 Å². The number of rotatable bonds is 5. The van der Waals surface area contributed by atoms with Crippen LogP contribution in [-0.4, -0.2) is 14.7 Å². The monoisotopic (exact) mass is 279 g/mol. The van der Waals surface area contributed by atoms with Crippen LogP contribution in [0, 0.1) is 0 Å². The quantitative estimate of drug-likeness (QED) is 0.900. The normalized spacial score (nSPS) is 18.3. The second-order valence-corrected chi connectivity index (χ2v) is 7.06. The highest BCUT2D eigenvalue weighted by molar-refractivity contribution is 7.88. The highest BCUT2D eigenvalue weighted by atomic mass is 32.2. The highest BCUT2D eigenvalue weighted by Gasteiger charge is 2.25. The molecule has 3 nitrogen and oxygen atoms in total. The number of nitrogens with one attached hydrogen (secondary N) is 1. The largest absolute Gasteiger partial charge is 0.213 e. The maximum absolute atomic E-state index is 11.5. The fourth-order valence-electron chi connectivity index (χ4n) is 2.49. The fourth-order valence-corrected chi connectivity index (χ4v) is 3.23. The summed E-state index contributed by atoms with van der Waals surface area (Å²) in [5.74, 6) is 0. The molecule has 19 heavy (non-hydrogen) atoms. The molecule has 104 valence electrons. The standard InChI is InChI=1S/C15H21NO2S/c1-4-5-6-12-7-8-13-9-11(2)15(14(13)10-12)16-19(3,17)18/h7-10,15-16H,4-6H2,1-3H3. The molecule has 4 heteroatoms. The molecule has 0 saturated carbocycles.